The summed E-state index contributed by atoms with van der Waals surface area (Å²) < 4.78 is 39.5. The standard InChI is InChI=1S/C18H17FN2O3S/c19-16-7-5-13(6-8-16)12-25(23,24)20-10-9-15-11-14-3-1-2-4-17(14)21-18(15)22/h1-8,11,20H,9-10,12H2,(H,21,22). The van der Waals surface area contributed by atoms with Gasteiger partial charge in [0.05, 0.1) is 5.75 Å². The third-order valence-electron chi connectivity index (χ3n) is 3.82. The van der Waals surface area contributed by atoms with Crippen molar-refractivity contribution in [2.24, 2.45) is 0 Å². The number of aromatic amines is 1. The highest BCUT2D eigenvalue weighted by atomic mass is 32.2. The zero-order valence-corrected chi connectivity index (χ0v) is 14.1. The second-order valence-electron chi connectivity index (χ2n) is 5.74. The fraction of sp³-hybridized carbons (Fsp3) is 0.167. The Kier molecular flexibility index (Phi) is 4.96. The van der Waals surface area contributed by atoms with Gasteiger partial charge in [0.15, 0.2) is 0 Å². The maximum absolute atomic E-state index is 12.9. The van der Waals surface area contributed by atoms with E-state index in [1.54, 1.807) is 6.07 Å². The number of para-hydroxylation sites is 1. The molecule has 5 nitrogen and oxygen atoms in total. The maximum Gasteiger partial charge on any atom is 0.251 e. The lowest BCUT2D eigenvalue weighted by Gasteiger charge is -2.07. The fourth-order valence-electron chi connectivity index (χ4n) is 2.57. The molecule has 3 rings (SSSR count). The van der Waals surface area contributed by atoms with Crippen LogP contribution in [0.15, 0.2) is 59.4 Å². The van der Waals surface area contributed by atoms with E-state index in [2.05, 4.69) is 9.71 Å². The molecule has 0 fully saturated rings. The Morgan fingerprint density at radius 3 is 2.52 bits per heavy atom. The predicted octanol–water partition coefficient (Wildman–Crippen LogP) is 2.33. The average Bonchev–Trinajstić information content (AvgIpc) is 2.57. The molecule has 0 unspecified atom stereocenters. The van der Waals surface area contributed by atoms with Crippen molar-refractivity contribution in [1.82, 2.24) is 9.71 Å². The molecular formula is C18H17FN2O3S. The first-order chi connectivity index (χ1) is 11.9. The number of hydrogen-bond donors (Lipinski definition) is 2. The van der Waals surface area contributed by atoms with Crippen LogP contribution in [0.4, 0.5) is 4.39 Å². The SMILES string of the molecule is O=c1[nH]c2ccccc2cc1CCNS(=O)(=O)Cc1ccc(F)cc1. The molecule has 1 heterocycles. The van der Waals surface area contributed by atoms with Crippen molar-refractivity contribution in [3.63, 3.8) is 0 Å². The van der Waals surface area contributed by atoms with E-state index in [0.717, 1.165) is 10.9 Å². The van der Waals surface area contributed by atoms with Gasteiger partial charge in [0.25, 0.3) is 5.56 Å². The molecule has 7 heteroatoms. The van der Waals surface area contributed by atoms with Crippen LogP contribution in [0.25, 0.3) is 10.9 Å². The zero-order valence-electron chi connectivity index (χ0n) is 13.3. The smallest absolute Gasteiger partial charge is 0.251 e. The minimum absolute atomic E-state index is 0.116. The van der Waals surface area contributed by atoms with Crippen molar-refractivity contribution in [3.8, 4) is 0 Å². The van der Waals surface area contributed by atoms with Crippen LogP contribution in [0, 0.1) is 5.82 Å². The summed E-state index contributed by atoms with van der Waals surface area (Å²) in [6.07, 6.45) is 0.281. The Hall–Kier alpha value is -2.51. The van der Waals surface area contributed by atoms with E-state index in [4.69, 9.17) is 0 Å². The van der Waals surface area contributed by atoms with E-state index in [1.165, 1.54) is 24.3 Å². The molecule has 2 N–H and O–H groups in total. The van der Waals surface area contributed by atoms with Gasteiger partial charge in [-0.2, -0.15) is 0 Å². The van der Waals surface area contributed by atoms with Crippen LogP contribution >= 0.6 is 0 Å². The highest BCUT2D eigenvalue weighted by molar-refractivity contribution is 7.88. The summed E-state index contributed by atoms with van der Waals surface area (Å²) in [4.78, 5) is 14.8. The van der Waals surface area contributed by atoms with Crippen LogP contribution in [-0.4, -0.2) is 19.9 Å². The van der Waals surface area contributed by atoms with Gasteiger partial charge in [-0.25, -0.2) is 17.5 Å². The monoisotopic (exact) mass is 360 g/mol. The van der Waals surface area contributed by atoms with Crippen molar-refractivity contribution in [3.05, 3.63) is 81.9 Å². The van der Waals surface area contributed by atoms with E-state index in [-0.39, 0.29) is 24.3 Å². The Bertz CT molecular complexity index is 1040. The Labute approximate surface area is 144 Å². The topological polar surface area (TPSA) is 79.0 Å². The van der Waals surface area contributed by atoms with E-state index >= 15 is 0 Å². The molecule has 0 radical (unpaired) electrons. The molecule has 130 valence electrons. The summed E-state index contributed by atoms with van der Waals surface area (Å²) in [5.41, 5.74) is 1.53. The maximum atomic E-state index is 12.9. The van der Waals surface area contributed by atoms with Gasteiger partial charge in [0, 0.05) is 17.6 Å². The number of fused-ring (bicyclic) bond motifs is 1. The number of benzene rings is 2. The van der Waals surface area contributed by atoms with Gasteiger partial charge in [-0.15, -0.1) is 0 Å². The Balaban J connectivity index is 1.64. The molecule has 3 aromatic rings. The molecule has 0 atom stereocenters. The van der Waals surface area contributed by atoms with Gasteiger partial charge in [-0.1, -0.05) is 30.3 Å². The number of aromatic nitrogens is 1. The minimum atomic E-state index is -3.56. The molecule has 0 bridgehead atoms. The molecule has 1 aromatic heterocycles. The second kappa shape index (κ2) is 7.16. The summed E-state index contributed by atoms with van der Waals surface area (Å²) in [7, 11) is -3.56. The van der Waals surface area contributed by atoms with E-state index < -0.39 is 15.8 Å². The van der Waals surface area contributed by atoms with Gasteiger partial charge in [0.2, 0.25) is 10.0 Å². The van der Waals surface area contributed by atoms with Crippen molar-refractivity contribution >= 4 is 20.9 Å². The molecule has 0 aliphatic rings. The predicted molar refractivity (Wildman–Crippen MR) is 95.3 cm³/mol. The molecule has 0 aliphatic carbocycles. The number of sulfonamides is 1. The molecule has 0 aliphatic heterocycles. The van der Waals surface area contributed by atoms with E-state index in [1.807, 2.05) is 24.3 Å². The number of pyridine rings is 1. The quantitative estimate of drug-likeness (QED) is 0.708. The van der Waals surface area contributed by atoms with Gasteiger partial charge < -0.3 is 4.98 Å². The van der Waals surface area contributed by atoms with Crippen LogP contribution < -0.4 is 10.3 Å². The van der Waals surface area contributed by atoms with Gasteiger partial charge in [0.1, 0.15) is 5.82 Å². The lowest BCUT2D eigenvalue weighted by Crippen LogP contribution is -2.28. The first-order valence-corrected chi connectivity index (χ1v) is 9.41. The third kappa shape index (κ3) is 4.52. The lowest BCUT2D eigenvalue weighted by molar-refractivity contribution is 0.580. The normalized spacial score (nSPS) is 11.7. The minimum Gasteiger partial charge on any atom is -0.322 e. The van der Waals surface area contributed by atoms with Crippen LogP contribution in [0.5, 0.6) is 0 Å². The summed E-state index contributed by atoms with van der Waals surface area (Å²) in [5, 5.41) is 0.895. The number of halogens is 1. The third-order valence-corrected chi connectivity index (χ3v) is 5.17. The van der Waals surface area contributed by atoms with Crippen molar-refractivity contribution in [2.75, 3.05) is 6.54 Å². The summed E-state index contributed by atoms with van der Waals surface area (Å²) in [6.45, 7) is 0.116. The van der Waals surface area contributed by atoms with Crippen molar-refractivity contribution in [1.29, 1.82) is 0 Å². The Morgan fingerprint density at radius 1 is 1.04 bits per heavy atom. The molecular weight excluding hydrogens is 343 g/mol. The highest BCUT2D eigenvalue weighted by Crippen LogP contribution is 2.10. The average molecular weight is 360 g/mol. The summed E-state index contributed by atoms with van der Waals surface area (Å²) >= 11 is 0. The molecule has 0 amide bonds. The van der Waals surface area contributed by atoms with Crippen LogP contribution in [0.3, 0.4) is 0 Å². The molecule has 0 spiro atoms. The van der Waals surface area contributed by atoms with Crippen molar-refractivity contribution < 1.29 is 12.8 Å². The molecule has 0 saturated carbocycles. The van der Waals surface area contributed by atoms with Crippen LogP contribution in [0.2, 0.25) is 0 Å². The van der Waals surface area contributed by atoms with Gasteiger partial charge in [-0.05, 0) is 41.6 Å². The number of rotatable bonds is 6. The molecule has 25 heavy (non-hydrogen) atoms. The summed E-state index contributed by atoms with van der Waals surface area (Å²) in [5.74, 6) is -0.647. The second-order valence-corrected chi connectivity index (χ2v) is 7.55. The first kappa shape index (κ1) is 17.3. The lowest BCUT2D eigenvalue weighted by atomic mass is 10.1. The van der Waals surface area contributed by atoms with Crippen molar-refractivity contribution in [2.45, 2.75) is 12.2 Å². The highest BCUT2D eigenvalue weighted by Gasteiger charge is 2.12. The molecule has 2 aromatic carbocycles. The van der Waals surface area contributed by atoms with E-state index in [0.29, 0.717) is 11.1 Å². The summed E-state index contributed by atoms with van der Waals surface area (Å²) in [6, 6.07) is 14.5. The first-order valence-electron chi connectivity index (χ1n) is 7.76. The molecule has 0 saturated heterocycles. The van der Waals surface area contributed by atoms with Gasteiger partial charge in [-0.3, -0.25) is 4.79 Å². The zero-order chi connectivity index (χ0) is 17.9. The fourth-order valence-corrected chi connectivity index (χ4v) is 3.72. The largest absolute Gasteiger partial charge is 0.322 e. The Morgan fingerprint density at radius 2 is 1.76 bits per heavy atom. The number of hydrogen-bond acceptors (Lipinski definition) is 3. The van der Waals surface area contributed by atoms with E-state index in [9.17, 15) is 17.6 Å². The number of nitrogens with one attached hydrogen (secondary N) is 2. The van der Waals surface area contributed by atoms with Gasteiger partial charge >= 0.3 is 0 Å². The van der Waals surface area contributed by atoms with Crippen LogP contribution in [0.1, 0.15) is 11.1 Å². The number of H-pyrrole nitrogens is 1. The van der Waals surface area contributed by atoms with Crippen LogP contribution in [-0.2, 0) is 22.2 Å².